The van der Waals surface area contributed by atoms with E-state index in [1.807, 2.05) is 0 Å². The first-order valence-corrected chi connectivity index (χ1v) is 25.5. The predicted molar refractivity (Wildman–Crippen MR) is 239 cm³/mol. The van der Waals surface area contributed by atoms with Crippen LogP contribution in [0.3, 0.4) is 0 Å². The molecule has 60 heavy (non-hydrogen) atoms. The number of aliphatic hydroxyl groups is 3. The lowest BCUT2D eigenvalue weighted by Gasteiger charge is -2.41. The third-order valence-corrected chi connectivity index (χ3v) is 11.5. The quantitative estimate of drug-likeness (QED) is 0.0198. The van der Waals surface area contributed by atoms with E-state index in [0.29, 0.717) is 13.0 Å². The number of hydrogen-bond donors (Lipinski definition) is 4. The number of ether oxygens (including phenoxy) is 4. The van der Waals surface area contributed by atoms with Crippen LogP contribution in [-0.4, -0.2) is 97.5 Å². The summed E-state index contributed by atoms with van der Waals surface area (Å²) in [7, 11) is -5.06. The van der Waals surface area contributed by atoms with E-state index in [2.05, 4.69) is 42.3 Å². The Balaban J connectivity index is 2.38. The Kier molecular flexibility index (Phi) is 37.0. The minimum Gasteiger partial charge on any atom is -0.457 e. The fraction of sp³-hybridized carbons (Fsp3) is 0.894. The summed E-state index contributed by atoms with van der Waals surface area (Å²) >= 11 is 0. The van der Waals surface area contributed by atoms with Crippen LogP contribution in [0, 0.1) is 0 Å². The summed E-state index contributed by atoms with van der Waals surface area (Å²) in [5.41, 5.74) is 0. The molecular formula is C47H88O12S. The number of carbonyl (C=O) groups is 1. The molecular weight excluding hydrogens is 789 g/mol. The van der Waals surface area contributed by atoms with Gasteiger partial charge in [0, 0.05) is 13.0 Å². The number of allylic oxidation sites excluding steroid dienone is 4. The molecule has 1 fully saturated rings. The van der Waals surface area contributed by atoms with Crippen molar-refractivity contribution in [2.45, 2.75) is 243 Å². The molecule has 1 saturated heterocycles. The molecule has 0 radical (unpaired) electrons. The van der Waals surface area contributed by atoms with Crippen molar-refractivity contribution in [1.29, 1.82) is 0 Å². The minimum atomic E-state index is -5.06. The maximum atomic E-state index is 12.8. The highest BCUT2D eigenvalue weighted by Crippen LogP contribution is 2.26. The molecule has 0 spiro atoms. The number of carbonyl (C=O) groups excluding carboxylic acids is 1. The molecule has 0 aromatic heterocycles. The second-order valence-corrected chi connectivity index (χ2v) is 17.8. The molecule has 0 amide bonds. The van der Waals surface area contributed by atoms with Crippen molar-refractivity contribution in [2.75, 3.05) is 26.4 Å². The van der Waals surface area contributed by atoms with Gasteiger partial charge in [-0.05, 0) is 38.5 Å². The molecule has 6 unspecified atom stereocenters. The van der Waals surface area contributed by atoms with Crippen molar-refractivity contribution in [3.63, 3.8) is 0 Å². The second-order valence-electron chi connectivity index (χ2n) is 16.7. The highest BCUT2D eigenvalue weighted by molar-refractivity contribution is 7.80. The van der Waals surface area contributed by atoms with Crippen LogP contribution in [0.4, 0.5) is 0 Å². The SMILES string of the molecule is CCCC/C=C\C/C=C\CCCCCCCC(=O)OC(COCCCCCCCCCCCCCCCCCCCCC)COC1OC(CO)C(O)C(OS(=O)(=O)O)C1O. The third-order valence-electron chi connectivity index (χ3n) is 11.1. The monoisotopic (exact) mass is 877 g/mol. The Hall–Kier alpha value is -1.42. The summed E-state index contributed by atoms with van der Waals surface area (Å²) in [5.74, 6) is -0.410. The summed E-state index contributed by atoms with van der Waals surface area (Å²) in [4.78, 5) is 12.8. The lowest BCUT2D eigenvalue weighted by Crippen LogP contribution is -2.60. The van der Waals surface area contributed by atoms with Gasteiger partial charge < -0.3 is 34.3 Å². The number of aliphatic hydroxyl groups excluding tert-OH is 3. The van der Waals surface area contributed by atoms with Crippen LogP contribution in [0.2, 0.25) is 0 Å². The molecule has 0 aliphatic carbocycles. The van der Waals surface area contributed by atoms with E-state index < -0.39 is 59.8 Å². The van der Waals surface area contributed by atoms with E-state index in [0.717, 1.165) is 64.2 Å². The van der Waals surface area contributed by atoms with Gasteiger partial charge in [-0.15, -0.1) is 0 Å². The molecule has 13 heteroatoms. The van der Waals surface area contributed by atoms with Crippen molar-refractivity contribution >= 4 is 16.4 Å². The molecule has 1 rings (SSSR count). The third kappa shape index (κ3) is 32.3. The summed E-state index contributed by atoms with van der Waals surface area (Å²) in [6.07, 6.45) is 35.0. The zero-order valence-corrected chi connectivity index (χ0v) is 38.6. The van der Waals surface area contributed by atoms with E-state index in [9.17, 15) is 28.5 Å². The van der Waals surface area contributed by atoms with E-state index in [1.165, 1.54) is 116 Å². The van der Waals surface area contributed by atoms with Crippen molar-refractivity contribution in [3.8, 4) is 0 Å². The first-order valence-electron chi connectivity index (χ1n) is 24.1. The minimum absolute atomic E-state index is 0.0344. The first-order chi connectivity index (χ1) is 29.1. The van der Waals surface area contributed by atoms with E-state index in [1.54, 1.807) is 0 Å². The van der Waals surface area contributed by atoms with Gasteiger partial charge in [0.05, 0.1) is 19.8 Å². The maximum Gasteiger partial charge on any atom is 0.397 e. The molecule has 1 heterocycles. The molecule has 354 valence electrons. The Bertz CT molecular complexity index is 1150. The van der Waals surface area contributed by atoms with Crippen LogP contribution in [0.15, 0.2) is 24.3 Å². The molecule has 1 aliphatic rings. The van der Waals surface area contributed by atoms with Gasteiger partial charge in [0.25, 0.3) is 0 Å². The second kappa shape index (κ2) is 39.2. The van der Waals surface area contributed by atoms with Gasteiger partial charge in [0.15, 0.2) is 6.29 Å². The largest absolute Gasteiger partial charge is 0.457 e. The van der Waals surface area contributed by atoms with Gasteiger partial charge >= 0.3 is 16.4 Å². The van der Waals surface area contributed by atoms with E-state index in [4.69, 9.17) is 23.5 Å². The number of rotatable bonds is 42. The van der Waals surface area contributed by atoms with Crippen molar-refractivity contribution in [2.24, 2.45) is 0 Å². The van der Waals surface area contributed by atoms with Crippen LogP contribution in [0.25, 0.3) is 0 Å². The zero-order valence-electron chi connectivity index (χ0n) is 37.8. The summed E-state index contributed by atoms with van der Waals surface area (Å²) in [5, 5.41) is 30.7. The average molecular weight is 877 g/mol. The number of unbranched alkanes of at least 4 members (excludes halogenated alkanes) is 25. The molecule has 1 aliphatic heterocycles. The van der Waals surface area contributed by atoms with Gasteiger partial charge in [0.1, 0.15) is 30.5 Å². The highest BCUT2D eigenvalue weighted by Gasteiger charge is 2.48. The van der Waals surface area contributed by atoms with Crippen molar-refractivity contribution in [3.05, 3.63) is 24.3 Å². The molecule has 4 N–H and O–H groups in total. The van der Waals surface area contributed by atoms with Crippen LogP contribution < -0.4 is 0 Å². The first kappa shape index (κ1) is 56.6. The maximum absolute atomic E-state index is 12.8. The van der Waals surface area contributed by atoms with Gasteiger partial charge in [-0.1, -0.05) is 186 Å². The summed E-state index contributed by atoms with van der Waals surface area (Å²) in [6, 6.07) is 0. The highest BCUT2D eigenvalue weighted by atomic mass is 32.3. The predicted octanol–water partition coefficient (Wildman–Crippen LogP) is 10.4. The molecule has 0 bridgehead atoms. The van der Waals surface area contributed by atoms with Crippen LogP contribution in [-0.2, 0) is 38.3 Å². The van der Waals surface area contributed by atoms with Gasteiger partial charge in [0.2, 0.25) is 0 Å². The normalized spacial score (nSPS) is 20.4. The smallest absolute Gasteiger partial charge is 0.397 e. The number of hydrogen-bond acceptors (Lipinski definition) is 11. The van der Waals surface area contributed by atoms with Crippen molar-refractivity contribution < 1.29 is 56.2 Å². The molecule has 0 saturated carbocycles. The number of esters is 1. The molecule has 0 aromatic rings. The Morgan fingerprint density at radius 1 is 0.633 bits per heavy atom. The molecule has 6 atom stereocenters. The van der Waals surface area contributed by atoms with Gasteiger partial charge in [-0.25, -0.2) is 4.18 Å². The lowest BCUT2D eigenvalue weighted by molar-refractivity contribution is -0.301. The van der Waals surface area contributed by atoms with E-state index in [-0.39, 0.29) is 19.6 Å². The lowest BCUT2D eigenvalue weighted by atomic mass is 9.99. The topological polar surface area (TPSA) is 178 Å². The summed E-state index contributed by atoms with van der Waals surface area (Å²) in [6.45, 7) is 3.96. The fourth-order valence-electron chi connectivity index (χ4n) is 7.40. The molecule has 0 aromatic carbocycles. The van der Waals surface area contributed by atoms with Crippen molar-refractivity contribution in [1.82, 2.24) is 0 Å². The van der Waals surface area contributed by atoms with Crippen LogP contribution >= 0.6 is 0 Å². The summed E-state index contributed by atoms with van der Waals surface area (Å²) < 4.78 is 59.1. The Labute approximate surface area is 365 Å². The van der Waals surface area contributed by atoms with E-state index >= 15 is 0 Å². The average Bonchev–Trinajstić information content (AvgIpc) is 3.22. The van der Waals surface area contributed by atoms with Crippen LogP contribution in [0.1, 0.15) is 206 Å². The standard InChI is InChI=1S/C47H88O12S/c1-3-5-7-9-11-13-15-17-19-20-21-22-23-25-27-29-31-33-35-37-55-39-41(40-56-47-45(51)46(59-60(52,53)54)44(50)42(38-48)58-47)57-43(49)36-34-32-30-28-26-24-18-16-14-12-10-8-6-4-2/h10,12,16,18,41-42,44-48,50-51H,3-9,11,13-15,17,19-40H2,1-2H3,(H,52,53,54)/b12-10-,18-16-. The fourth-order valence-corrected chi connectivity index (χ4v) is 7.90. The van der Waals surface area contributed by atoms with Gasteiger partial charge in [-0.2, -0.15) is 8.42 Å². The Morgan fingerprint density at radius 2 is 1.12 bits per heavy atom. The Morgan fingerprint density at radius 3 is 1.63 bits per heavy atom. The molecule has 12 nitrogen and oxygen atoms in total. The van der Waals surface area contributed by atoms with Crippen LogP contribution in [0.5, 0.6) is 0 Å². The zero-order chi connectivity index (χ0) is 43.9. The van der Waals surface area contributed by atoms with Gasteiger partial charge in [-0.3, -0.25) is 9.35 Å².